The molecule has 2 aliphatic heterocycles. The molecule has 0 aromatic carbocycles. The normalized spacial score (nSPS) is 23.0. The first-order valence-electron chi connectivity index (χ1n) is 6.77. The van der Waals surface area contributed by atoms with Gasteiger partial charge in [-0.05, 0) is 5.57 Å². The van der Waals surface area contributed by atoms with Gasteiger partial charge in [-0.2, -0.15) is 0 Å². The Labute approximate surface area is 148 Å². The Morgan fingerprint density at radius 1 is 1.42 bits per heavy atom. The van der Waals surface area contributed by atoms with Crippen molar-refractivity contribution in [1.82, 2.24) is 15.1 Å². The van der Waals surface area contributed by atoms with E-state index in [4.69, 9.17) is 11.5 Å². The summed E-state index contributed by atoms with van der Waals surface area (Å²) in [4.78, 5) is 35.5. The number of thioether (sulfide) groups is 2. The van der Waals surface area contributed by atoms with Gasteiger partial charge in [-0.3, -0.25) is 14.5 Å². The molecule has 24 heavy (non-hydrogen) atoms. The van der Waals surface area contributed by atoms with Crippen molar-refractivity contribution in [2.75, 3.05) is 11.5 Å². The van der Waals surface area contributed by atoms with E-state index in [0.717, 1.165) is 0 Å². The quantitative estimate of drug-likeness (QED) is 0.422. The lowest BCUT2D eigenvalue weighted by atomic mass is 10.0. The maximum atomic E-state index is 11.9. The summed E-state index contributed by atoms with van der Waals surface area (Å²) < 4.78 is 0.613. The monoisotopic (exact) mass is 387 g/mol. The first kappa shape index (κ1) is 17.2. The van der Waals surface area contributed by atoms with Crippen molar-refractivity contribution in [3.63, 3.8) is 0 Å². The molecule has 2 aliphatic rings. The van der Waals surface area contributed by atoms with E-state index in [1.807, 2.05) is 0 Å². The molecule has 1 saturated heterocycles. The van der Waals surface area contributed by atoms with Crippen LogP contribution in [0.25, 0.3) is 0 Å². The molecule has 1 aromatic heterocycles. The maximum Gasteiger partial charge on any atom is 0.352 e. The van der Waals surface area contributed by atoms with Crippen LogP contribution in [0.15, 0.2) is 15.6 Å². The number of hydrogen-bond donors (Lipinski definition) is 3. The van der Waals surface area contributed by atoms with Crippen molar-refractivity contribution in [2.24, 2.45) is 11.5 Å². The van der Waals surface area contributed by atoms with Crippen molar-refractivity contribution in [3.8, 4) is 0 Å². The van der Waals surface area contributed by atoms with Gasteiger partial charge in [0.15, 0.2) is 4.34 Å². The number of hydrogen-bond acceptors (Lipinski definition) is 9. The third kappa shape index (κ3) is 3.14. The molecule has 0 radical (unpaired) electrons. The van der Waals surface area contributed by atoms with Crippen molar-refractivity contribution < 1.29 is 19.5 Å². The van der Waals surface area contributed by atoms with E-state index in [9.17, 15) is 19.5 Å². The third-order valence-electron chi connectivity index (χ3n) is 3.43. The Balaban J connectivity index is 1.73. The van der Waals surface area contributed by atoms with Crippen LogP contribution in [-0.4, -0.2) is 60.9 Å². The number of primary amides is 1. The Hall–Kier alpha value is -1.63. The number of carboxylic acids is 1. The number of amides is 2. The maximum absolute atomic E-state index is 11.9. The number of carbonyl (C=O) groups is 3. The molecule has 2 atom stereocenters. The van der Waals surface area contributed by atoms with E-state index in [2.05, 4.69) is 10.2 Å². The minimum atomic E-state index is -1.14. The van der Waals surface area contributed by atoms with E-state index in [-0.39, 0.29) is 23.4 Å². The fraction of sp³-hybridized carbons (Fsp3) is 0.417. The van der Waals surface area contributed by atoms with Crippen LogP contribution >= 0.6 is 34.9 Å². The summed E-state index contributed by atoms with van der Waals surface area (Å²) >= 11 is 4.01. The summed E-state index contributed by atoms with van der Waals surface area (Å²) in [6, 6.07) is -0.641. The summed E-state index contributed by atoms with van der Waals surface area (Å²) in [6.45, 7) is 0. The second-order valence-electron chi connectivity index (χ2n) is 5.09. The molecule has 0 bridgehead atoms. The zero-order chi connectivity index (χ0) is 17.4. The SMILES string of the molecule is NC(=O)Cc1nnc(SCC2=C(C(=O)O)N3C(=O)C(N)[C@H]3SC2)s1. The lowest BCUT2D eigenvalue weighted by Gasteiger charge is -2.48. The predicted octanol–water partition coefficient (Wildman–Crippen LogP) is -0.761. The van der Waals surface area contributed by atoms with E-state index in [1.165, 1.54) is 39.8 Å². The van der Waals surface area contributed by atoms with Gasteiger partial charge in [0.25, 0.3) is 0 Å². The lowest BCUT2D eigenvalue weighted by molar-refractivity contribution is -0.147. The molecule has 1 fully saturated rings. The number of aromatic nitrogens is 2. The second kappa shape index (κ2) is 6.70. The van der Waals surface area contributed by atoms with Crippen LogP contribution in [0.2, 0.25) is 0 Å². The number of β-lactam (4-membered cyclic amide) rings is 1. The van der Waals surface area contributed by atoms with Crippen LogP contribution in [0.1, 0.15) is 5.01 Å². The van der Waals surface area contributed by atoms with E-state index in [1.54, 1.807) is 0 Å². The van der Waals surface area contributed by atoms with Gasteiger partial charge in [-0.1, -0.05) is 23.1 Å². The average Bonchev–Trinajstić information content (AvgIpc) is 2.97. The number of rotatable bonds is 6. The number of nitrogens with two attached hydrogens (primary N) is 2. The zero-order valence-electron chi connectivity index (χ0n) is 12.2. The summed E-state index contributed by atoms with van der Waals surface area (Å²) in [5.41, 5.74) is 11.5. The van der Waals surface area contributed by atoms with Gasteiger partial charge in [0.1, 0.15) is 22.1 Å². The molecule has 0 aliphatic carbocycles. The Morgan fingerprint density at radius 3 is 2.83 bits per heavy atom. The lowest BCUT2D eigenvalue weighted by Crippen LogP contribution is -2.68. The standard InChI is InChI=1S/C12H13N5O4S3/c13-5(18)1-6-15-16-12(24-6)23-3-4-2-22-10-7(14)9(19)17(10)8(4)11(20)21/h7,10H,1-3,14H2,(H2,13,18)(H,20,21)/t7?,10-/m1/s1. The molecular weight excluding hydrogens is 374 g/mol. The van der Waals surface area contributed by atoms with Gasteiger partial charge in [-0.15, -0.1) is 22.0 Å². The van der Waals surface area contributed by atoms with Crippen LogP contribution in [0.5, 0.6) is 0 Å². The van der Waals surface area contributed by atoms with E-state index in [0.29, 0.717) is 26.4 Å². The van der Waals surface area contributed by atoms with Gasteiger partial charge in [0.05, 0.1) is 6.42 Å². The van der Waals surface area contributed by atoms with Crippen molar-refractivity contribution >= 4 is 52.6 Å². The van der Waals surface area contributed by atoms with E-state index < -0.39 is 17.9 Å². The smallest absolute Gasteiger partial charge is 0.352 e. The Bertz CT molecular complexity index is 749. The summed E-state index contributed by atoms with van der Waals surface area (Å²) in [5, 5.41) is 17.5. The Kier molecular flexibility index (Phi) is 4.80. The minimum Gasteiger partial charge on any atom is -0.477 e. The predicted molar refractivity (Wildman–Crippen MR) is 89.3 cm³/mol. The summed E-state index contributed by atoms with van der Waals surface area (Å²) in [7, 11) is 0. The second-order valence-corrected chi connectivity index (χ2v) is 8.48. The molecule has 9 nitrogen and oxygen atoms in total. The number of carbonyl (C=O) groups excluding carboxylic acids is 2. The fourth-order valence-corrected chi connectivity index (χ4v) is 5.69. The Morgan fingerprint density at radius 2 is 2.17 bits per heavy atom. The summed E-state index contributed by atoms with van der Waals surface area (Å²) in [5.74, 6) is -1.13. The molecule has 128 valence electrons. The van der Waals surface area contributed by atoms with Crippen molar-refractivity contribution in [3.05, 3.63) is 16.3 Å². The van der Waals surface area contributed by atoms with Gasteiger partial charge < -0.3 is 16.6 Å². The highest BCUT2D eigenvalue weighted by Crippen LogP contribution is 2.40. The molecule has 0 spiro atoms. The first-order chi connectivity index (χ1) is 11.4. The van der Waals surface area contributed by atoms with Gasteiger partial charge in [-0.25, -0.2) is 4.79 Å². The number of aliphatic carboxylic acids is 1. The number of nitrogens with zero attached hydrogens (tertiary/aromatic N) is 3. The van der Waals surface area contributed by atoms with Gasteiger partial charge >= 0.3 is 5.97 Å². The first-order valence-corrected chi connectivity index (χ1v) is 9.62. The highest BCUT2D eigenvalue weighted by Gasteiger charge is 2.51. The average molecular weight is 387 g/mol. The van der Waals surface area contributed by atoms with Crippen molar-refractivity contribution in [1.29, 1.82) is 0 Å². The van der Waals surface area contributed by atoms with Crippen LogP contribution in [0.3, 0.4) is 0 Å². The minimum absolute atomic E-state index is 0.0137. The molecule has 12 heteroatoms. The molecular formula is C12H13N5O4S3. The molecule has 1 aromatic rings. The highest BCUT2D eigenvalue weighted by molar-refractivity contribution is 8.01. The van der Waals surface area contributed by atoms with Gasteiger partial charge in [0.2, 0.25) is 11.8 Å². The third-order valence-corrected chi connectivity index (χ3v) is 6.94. The molecule has 1 unspecified atom stereocenters. The van der Waals surface area contributed by atoms with Crippen LogP contribution in [0.4, 0.5) is 0 Å². The van der Waals surface area contributed by atoms with Crippen LogP contribution in [-0.2, 0) is 20.8 Å². The summed E-state index contributed by atoms with van der Waals surface area (Å²) in [6.07, 6.45) is 0.0268. The largest absolute Gasteiger partial charge is 0.477 e. The van der Waals surface area contributed by atoms with Crippen LogP contribution < -0.4 is 11.5 Å². The van der Waals surface area contributed by atoms with Crippen LogP contribution in [0, 0.1) is 0 Å². The molecule has 5 N–H and O–H groups in total. The molecule has 3 heterocycles. The van der Waals surface area contributed by atoms with E-state index >= 15 is 0 Å². The van der Waals surface area contributed by atoms with Crippen molar-refractivity contribution in [2.45, 2.75) is 22.2 Å². The highest BCUT2D eigenvalue weighted by atomic mass is 32.2. The molecule has 0 saturated carbocycles. The number of fused-ring (bicyclic) bond motifs is 1. The molecule has 3 rings (SSSR count). The number of carboxylic acid groups (broad SMARTS) is 1. The zero-order valence-corrected chi connectivity index (χ0v) is 14.6. The molecule has 2 amide bonds. The van der Waals surface area contributed by atoms with Gasteiger partial charge in [0, 0.05) is 11.5 Å². The fourth-order valence-electron chi connectivity index (χ4n) is 2.36. The topological polar surface area (TPSA) is 152 Å².